The van der Waals surface area contributed by atoms with Crippen LogP contribution < -0.4 is 10.2 Å². The summed E-state index contributed by atoms with van der Waals surface area (Å²) in [6, 6.07) is 27.7. The van der Waals surface area contributed by atoms with Gasteiger partial charge < -0.3 is 4.74 Å². The largest absolute Gasteiger partial charge is 0.488 e. The number of amides is 1. The molecule has 0 saturated carbocycles. The average molecular weight is 439 g/mol. The molecule has 1 N–H and O–H groups in total. The van der Waals surface area contributed by atoms with Crippen molar-refractivity contribution in [3.8, 4) is 5.75 Å². The molecular weight excluding hydrogens is 418 g/mol. The van der Waals surface area contributed by atoms with Gasteiger partial charge in [-0.05, 0) is 28.5 Å². The Balaban J connectivity index is 1.41. The van der Waals surface area contributed by atoms with Crippen LogP contribution in [0.15, 0.2) is 96.1 Å². The highest BCUT2D eigenvalue weighted by Crippen LogP contribution is 2.22. The summed E-state index contributed by atoms with van der Waals surface area (Å²) < 4.78 is 6.05. The number of nitrogens with zero attached hydrogens (tertiary/aromatic N) is 2. The van der Waals surface area contributed by atoms with E-state index in [1.165, 1.54) is 12.3 Å². The molecule has 7 heteroatoms. The van der Waals surface area contributed by atoms with E-state index in [1.807, 2.05) is 48.5 Å². The van der Waals surface area contributed by atoms with Crippen molar-refractivity contribution in [3.63, 3.8) is 0 Å². The van der Waals surface area contributed by atoms with E-state index in [-0.39, 0.29) is 12.1 Å². The Bertz CT molecular complexity index is 1330. The van der Waals surface area contributed by atoms with Crippen molar-refractivity contribution in [1.29, 1.82) is 0 Å². The number of hydrogen-bond acceptors (Lipinski definition) is 5. The quantitative estimate of drug-likeness (QED) is 0.237. The van der Waals surface area contributed by atoms with Crippen LogP contribution in [0.1, 0.15) is 16.7 Å². The smallest absolute Gasteiger partial charge is 0.273 e. The Hall–Kier alpha value is -4.52. The molecule has 7 nitrogen and oxygen atoms in total. The molecule has 164 valence electrons. The summed E-state index contributed by atoms with van der Waals surface area (Å²) in [4.78, 5) is 22.8. The van der Waals surface area contributed by atoms with Gasteiger partial charge in [-0.25, -0.2) is 5.43 Å². The van der Waals surface area contributed by atoms with Gasteiger partial charge in [0.15, 0.2) is 0 Å². The van der Waals surface area contributed by atoms with Gasteiger partial charge >= 0.3 is 0 Å². The number of hydrazone groups is 1. The molecule has 0 aliphatic rings. The summed E-state index contributed by atoms with van der Waals surface area (Å²) in [5.41, 5.74) is 4.42. The van der Waals surface area contributed by atoms with E-state index >= 15 is 0 Å². The first-order chi connectivity index (χ1) is 16.1. The molecule has 0 unspecified atom stereocenters. The van der Waals surface area contributed by atoms with E-state index in [0.29, 0.717) is 23.5 Å². The van der Waals surface area contributed by atoms with Crippen molar-refractivity contribution in [1.82, 2.24) is 5.43 Å². The molecule has 0 atom stereocenters. The van der Waals surface area contributed by atoms with Crippen LogP contribution in [0.4, 0.5) is 5.69 Å². The SMILES string of the molecule is O=C(Cc1ccccc1[N+](=O)[O-])N/N=C/c1ccccc1OCc1cccc2ccccc12. The minimum absolute atomic E-state index is 0.0937. The van der Waals surface area contributed by atoms with Crippen LogP contribution in [-0.2, 0) is 17.8 Å². The third kappa shape index (κ3) is 5.40. The molecule has 0 aliphatic carbocycles. The first kappa shape index (κ1) is 21.7. The number of nitro benzene ring substituents is 1. The van der Waals surface area contributed by atoms with Gasteiger partial charge in [-0.1, -0.05) is 72.8 Å². The summed E-state index contributed by atoms with van der Waals surface area (Å²) in [6.07, 6.45) is 1.35. The second-order valence-electron chi connectivity index (χ2n) is 7.32. The summed E-state index contributed by atoms with van der Waals surface area (Å²) in [5, 5.41) is 17.4. The van der Waals surface area contributed by atoms with Gasteiger partial charge in [-0.3, -0.25) is 14.9 Å². The molecule has 0 aromatic heterocycles. The fraction of sp³-hybridized carbons (Fsp3) is 0.0769. The fourth-order valence-electron chi connectivity index (χ4n) is 3.52. The maximum Gasteiger partial charge on any atom is 0.273 e. The van der Waals surface area contributed by atoms with E-state index in [1.54, 1.807) is 18.2 Å². The number of carbonyl (C=O) groups excluding carboxylic acids is 1. The highest BCUT2D eigenvalue weighted by molar-refractivity contribution is 5.87. The lowest BCUT2D eigenvalue weighted by Crippen LogP contribution is -2.20. The summed E-state index contributed by atoms with van der Waals surface area (Å²) in [5.74, 6) is 0.178. The summed E-state index contributed by atoms with van der Waals surface area (Å²) >= 11 is 0. The molecule has 0 bridgehead atoms. The highest BCUT2D eigenvalue weighted by atomic mass is 16.6. The van der Waals surface area contributed by atoms with Crippen molar-refractivity contribution in [2.24, 2.45) is 5.10 Å². The summed E-state index contributed by atoms with van der Waals surface area (Å²) in [7, 11) is 0. The molecule has 4 aromatic rings. The maximum absolute atomic E-state index is 12.2. The molecule has 0 saturated heterocycles. The number of nitrogens with one attached hydrogen (secondary N) is 1. The van der Waals surface area contributed by atoms with Crippen molar-refractivity contribution < 1.29 is 14.5 Å². The number of para-hydroxylation sites is 2. The number of rotatable bonds is 8. The Morgan fingerprint density at radius 3 is 2.48 bits per heavy atom. The van der Waals surface area contributed by atoms with Crippen LogP contribution in [0.25, 0.3) is 10.8 Å². The number of fused-ring (bicyclic) bond motifs is 1. The van der Waals surface area contributed by atoms with Crippen LogP contribution in [0, 0.1) is 10.1 Å². The molecule has 4 aromatic carbocycles. The first-order valence-corrected chi connectivity index (χ1v) is 10.3. The van der Waals surface area contributed by atoms with Crippen molar-refractivity contribution in [3.05, 3.63) is 118 Å². The second-order valence-corrected chi connectivity index (χ2v) is 7.32. The minimum Gasteiger partial charge on any atom is -0.488 e. The van der Waals surface area contributed by atoms with Crippen LogP contribution in [0.2, 0.25) is 0 Å². The van der Waals surface area contributed by atoms with Crippen molar-refractivity contribution in [2.75, 3.05) is 0 Å². The molecule has 0 aliphatic heterocycles. The Labute approximate surface area is 190 Å². The number of benzene rings is 4. The minimum atomic E-state index is -0.505. The third-order valence-electron chi connectivity index (χ3n) is 5.11. The molecular formula is C26H21N3O4. The van der Waals surface area contributed by atoms with E-state index < -0.39 is 10.8 Å². The zero-order chi connectivity index (χ0) is 23.0. The summed E-state index contributed by atoms with van der Waals surface area (Å²) in [6.45, 7) is 0.385. The molecule has 0 spiro atoms. The zero-order valence-electron chi connectivity index (χ0n) is 17.7. The Morgan fingerprint density at radius 2 is 1.61 bits per heavy atom. The van der Waals surface area contributed by atoms with Crippen LogP contribution in [0.5, 0.6) is 5.75 Å². The van der Waals surface area contributed by atoms with E-state index in [0.717, 1.165) is 16.3 Å². The van der Waals surface area contributed by atoms with Gasteiger partial charge in [-0.2, -0.15) is 5.10 Å². The van der Waals surface area contributed by atoms with Crippen molar-refractivity contribution in [2.45, 2.75) is 13.0 Å². The average Bonchev–Trinajstić information content (AvgIpc) is 2.83. The van der Waals surface area contributed by atoms with Gasteiger partial charge in [0, 0.05) is 17.2 Å². The standard InChI is InChI=1S/C26H21N3O4/c30-26(16-20-9-2-5-14-24(20)29(31)32)28-27-17-21-10-3-6-15-25(21)33-18-22-12-7-11-19-8-1-4-13-23(19)22/h1-15,17H,16,18H2,(H,28,30)/b27-17+. The lowest BCUT2D eigenvalue weighted by Gasteiger charge is -2.11. The van der Waals surface area contributed by atoms with E-state index in [4.69, 9.17) is 4.74 Å². The van der Waals surface area contributed by atoms with E-state index in [9.17, 15) is 14.9 Å². The van der Waals surface area contributed by atoms with Gasteiger partial charge in [0.1, 0.15) is 12.4 Å². The molecule has 0 heterocycles. The van der Waals surface area contributed by atoms with E-state index in [2.05, 4.69) is 28.7 Å². The Kier molecular flexibility index (Phi) is 6.70. The highest BCUT2D eigenvalue weighted by Gasteiger charge is 2.15. The first-order valence-electron chi connectivity index (χ1n) is 10.3. The number of hydrogen-bond donors (Lipinski definition) is 1. The third-order valence-corrected chi connectivity index (χ3v) is 5.11. The number of ether oxygens (including phenoxy) is 1. The molecule has 1 amide bonds. The number of carbonyl (C=O) groups is 1. The lowest BCUT2D eigenvalue weighted by atomic mass is 10.1. The monoisotopic (exact) mass is 439 g/mol. The molecule has 0 fully saturated rings. The maximum atomic E-state index is 12.2. The molecule has 0 radical (unpaired) electrons. The predicted octanol–water partition coefficient (Wildman–Crippen LogP) is 5.02. The van der Waals surface area contributed by atoms with Gasteiger partial charge in [0.25, 0.3) is 5.69 Å². The van der Waals surface area contributed by atoms with Gasteiger partial charge in [0.05, 0.1) is 17.6 Å². The topological polar surface area (TPSA) is 93.8 Å². The second kappa shape index (κ2) is 10.2. The van der Waals surface area contributed by atoms with Crippen LogP contribution in [-0.4, -0.2) is 17.0 Å². The predicted molar refractivity (Wildman–Crippen MR) is 127 cm³/mol. The lowest BCUT2D eigenvalue weighted by molar-refractivity contribution is -0.385. The van der Waals surface area contributed by atoms with Crippen molar-refractivity contribution >= 4 is 28.6 Å². The van der Waals surface area contributed by atoms with Crippen LogP contribution in [0.3, 0.4) is 0 Å². The molecule has 33 heavy (non-hydrogen) atoms. The molecule has 4 rings (SSSR count). The Morgan fingerprint density at radius 1 is 0.909 bits per heavy atom. The van der Waals surface area contributed by atoms with Gasteiger partial charge in [-0.15, -0.1) is 0 Å². The van der Waals surface area contributed by atoms with Crippen LogP contribution >= 0.6 is 0 Å². The normalized spacial score (nSPS) is 10.9. The van der Waals surface area contributed by atoms with Gasteiger partial charge in [0.2, 0.25) is 5.91 Å². The zero-order valence-corrected chi connectivity index (χ0v) is 17.7. The fourth-order valence-corrected chi connectivity index (χ4v) is 3.52. The number of nitro groups is 1.